The lowest BCUT2D eigenvalue weighted by Gasteiger charge is -2.35. The van der Waals surface area contributed by atoms with Gasteiger partial charge in [0.05, 0.1) is 5.69 Å². The van der Waals surface area contributed by atoms with E-state index in [-0.39, 0.29) is 23.5 Å². The summed E-state index contributed by atoms with van der Waals surface area (Å²) in [4.78, 5) is 33.4. The molecule has 2 amide bonds. The van der Waals surface area contributed by atoms with E-state index in [2.05, 4.69) is 4.98 Å². The number of halogens is 1. The molecule has 1 aromatic carbocycles. The zero-order chi connectivity index (χ0) is 19.7. The van der Waals surface area contributed by atoms with Crippen molar-refractivity contribution in [2.75, 3.05) is 26.2 Å². The fourth-order valence-electron chi connectivity index (χ4n) is 4.10. The van der Waals surface area contributed by atoms with Gasteiger partial charge in [0, 0.05) is 57.4 Å². The molecule has 0 spiro atoms. The number of nitrogens with zero attached hydrogens (tertiary/aromatic N) is 3. The van der Waals surface area contributed by atoms with Crippen LogP contribution in [0.15, 0.2) is 28.7 Å². The summed E-state index contributed by atoms with van der Waals surface area (Å²) < 4.78 is 18.7. The highest BCUT2D eigenvalue weighted by Crippen LogP contribution is 2.34. The molecule has 1 saturated heterocycles. The third kappa shape index (κ3) is 3.79. The van der Waals surface area contributed by atoms with Crippen LogP contribution in [0, 0.1) is 12.7 Å². The minimum Gasteiger partial charge on any atom is -0.446 e. The molecule has 4 rings (SSSR count). The first-order chi connectivity index (χ1) is 13.5. The second-order valence-corrected chi connectivity index (χ2v) is 7.51. The Bertz CT molecular complexity index is 870. The second kappa shape index (κ2) is 7.73. The zero-order valence-electron chi connectivity index (χ0n) is 16.0. The van der Waals surface area contributed by atoms with Gasteiger partial charge in [0.25, 0.3) is 5.91 Å². The maximum Gasteiger partial charge on any atom is 0.253 e. The third-order valence-corrected chi connectivity index (χ3v) is 5.61. The Morgan fingerprint density at radius 3 is 2.54 bits per heavy atom. The molecule has 0 radical (unpaired) electrons. The van der Waals surface area contributed by atoms with Crippen LogP contribution in [-0.2, 0) is 11.2 Å². The van der Waals surface area contributed by atoms with Crippen LogP contribution >= 0.6 is 0 Å². The van der Waals surface area contributed by atoms with Crippen LogP contribution < -0.4 is 0 Å². The first kappa shape index (κ1) is 18.7. The van der Waals surface area contributed by atoms with Crippen LogP contribution in [0.2, 0.25) is 0 Å². The van der Waals surface area contributed by atoms with Gasteiger partial charge in [-0.25, -0.2) is 9.37 Å². The summed E-state index contributed by atoms with van der Waals surface area (Å²) in [6, 6.07) is 5.57. The quantitative estimate of drug-likeness (QED) is 0.815. The maximum absolute atomic E-state index is 13.0. The number of hydrogen-bond donors (Lipinski definition) is 0. The molecule has 7 heteroatoms. The highest BCUT2D eigenvalue weighted by atomic mass is 19.1. The van der Waals surface area contributed by atoms with Gasteiger partial charge in [-0.2, -0.15) is 0 Å². The molecule has 2 aromatic rings. The first-order valence-corrected chi connectivity index (χ1v) is 9.80. The van der Waals surface area contributed by atoms with Crippen LogP contribution in [0.4, 0.5) is 4.39 Å². The van der Waals surface area contributed by atoms with Crippen molar-refractivity contribution in [2.24, 2.45) is 0 Å². The van der Waals surface area contributed by atoms with E-state index in [4.69, 9.17) is 4.42 Å². The summed E-state index contributed by atoms with van der Waals surface area (Å²) in [7, 11) is 0. The van der Waals surface area contributed by atoms with E-state index in [9.17, 15) is 14.0 Å². The number of carbonyl (C=O) groups excluding carboxylic acids is 2. The standard InChI is InChI=1S/C21H24FN3O3/c1-14-23-20-16(3-2-4-18(20)28-14)13-19(26)24-9-11-25(12-10-24)21(27)15-5-7-17(22)8-6-15/h5-8,16H,2-4,9-13H2,1H3. The molecule has 0 N–H and O–H groups in total. The van der Waals surface area contributed by atoms with Crippen molar-refractivity contribution < 1.29 is 18.4 Å². The lowest BCUT2D eigenvalue weighted by atomic mass is 9.87. The van der Waals surface area contributed by atoms with E-state index in [1.54, 1.807) is 4.90 Å². The van der Waals surface area contributed by atoms with Gasteiger partial charge in [-0.05, 0) is 37.1 Å². The number of fused-ring (bicyclic) bond motifs is 1. The lowest BCUT2D eigenvalue weighted by Crippen LogP contribution is -2.50. The highest BCUT2D eigenvalue weighted by molar-refractivity contribution is 5.94. The van der Waals surface area contributed by atoms with Gasteiger partial charge < -0.3 is 14.2 Å². The number of aromatic nitrogens is 1. The SMILES string of the molecule is Cc1nc2c(o1)CCCC2CC(=O)N1CCN(C(=O)c2ccc(F)cc2)CC1. The summed E-state index contributed by atoms with van der Waals surface area (Å²) in [5.74, 6) is 1.33. The molecule has 1 aromatic heterocycles. The van der Waals surface area contributed by atoms with Crippen LogP contribution in [0.5, 0.6) is 0 Å². The Hall–Kier alpha value is -2.70. The number of carbonyl (C=O) groups is 2. The predicted octanol–water partition coefficient (Wildman–Crippen LogP) is 2.92. The molecule has 1 atom stereocenters. The summed E-state index contributed by atoms with van der Waals surface area (Å²) in [6.07, 6.45) is 3.29. The Morgan fingerprint density at radius 2 is 1.82 bits per heavy atom. The average molecular weight is 385 g/mol. The monoisotopic (exact) mass is 385 g/mol. The van der Waals surface area contributed by atoms with Crippen molar-refractivity contribution >= 4 is 11.8 Å². The van der Waals surface area contributed by atoms with Gasteiger partial charge in [0.1, 0.15) is 11.6 Å². The van der Waals surface area contributed by atoms with Gasteiger partial charge in [-0.1, -0.05) is 0 Å². The van der Waals surface area contributed by atoms with Gasteiger partial charge >= 0.3 is 0 Å². The van der Waals surface area contributed by atoms with E-state index >= 15 is 0 Å². The van der Waals surface area contributed by atoms with E-state index < -0.39 is 0 Å². The van der Waals surface area contributed by atoms with E-state index in [0.717, 1.165) is 30.7 Å². The number of benzene rings is 1. The summed E-state index contributed by atoms with van der Waals surface area (Å²) in [6.45, 7) is 3.85. The molecule has 148 valence electrons. The third-order valence-electron chi connectivity index (χ3n) is 5.61. The molecular weight excluding hydrogens is 361 g/mol. The van der Waals surface area contributed by atoms with Gasteiger partial charge in [0.2, 0.25) is 5.91 Å². The summed E-state index contributed by atoms with van der Waals surface area (Å²) in [5, 5.41) is 0. The van der Waals surface area contributed by atoms with Gasteiger partial charge in [-0.3, -0.25) is 9.59 Å². The van der Waals surface area contributed by atoms with Crippen LogP contribution in [0.25, 0.3) is 0 Å². The lowest BCUT2D eigenvalue weighted by molar-refractivity contribution is -0.133. The molecule has 1 aliphatic carbocycles. The van der Waals surface area contributed by atoms with Crippen molar-refractivity contribution in [3.8, 4) is 0 Å². The zero-order valence-corrected chi connectivity index (χ0v) is 16.0. The molecule has 28 heavy (non-hydrogen) atoms. The van der Waals surface area contributed by atoms with E-state index in [0.29, 0.717) is 44.1 Å². The van der Waals surface area contributed by atoms with E-state index in [1.807, 2.05) is 11.8 Å². The molecule has 1 fully saturated rings. The molecule has 1 aliphatic heterocycles. The smallest absolute Gasteiger partial charge is 0.253 e. The van der Waals surface area contributed by atoms with Gasteiger partial charge in [-0.15, -0.1) is 0 Å². The Balaban J connectivity index is 1.33. The molecule has 0 bridgehead atoms. The van der Waals surface area contributed by atoms with Crippen molar-refractivity contribution in [3.63, 3.8) is 0 Å². The normalized spacial score (nSPS) is 19.4. The first-order valence-electron chi connectivity index (χ1n) is 9.80. The summed E-state index contributed by atoms with van der Waals surface area (Å²) >= 11 is 0. The molecule has 2 heterocycles. The number of piperazine rings is 1. The number of aryl methyl sites for hydroxylation is 2. The molecule has 0 saturated carbocycles. The number of rotatable bonds is 3. The molecule has 1 unspecified atom stereocenters. The van der Waals surface area contributed by atoms with Crippen molar-refractivity contribution in [3.05, 3.63) is 53.0 Å². The molecule has 6 nitrogen and oxygen atoms in total. The minimum absolute atomic E-state index is 0.104. The minimum atomic E-state index is -0.361. The van der Waals surface area contributed by atoms with E-state index in [1.165, 1.54) is 24.3 Å². The van der Waals surface area contributed by atoms with Crippen LogP contribution in [0.3, 0.4) is 0 Å². The maximum atomic E-state index is 13.0. The molecular formula is C21H24FN3O3. The Labute approximate surface area is 163 Å². The van der Waals surface area contributed by atoms with Gasteiger partial charge in [0.15, 0.2) is 5.89 Å². The topological polar surface area (TPSA) is 66.7 Å². The highest BCUT2D eigenvalue weighted by Gasteiger charge is 2.31. The van der Waals surface area contributed by atoms with Crippen molar-refractivity contribution in [1.82, 2.24) is 14.8 Å². The predicted molar refractivity (Wildman–Crippen MR) is 100 cm³/mol. The fraction of sp³-hybridized carbons (Fsp3) is 0.476. The number of amides is 2. The second-order valence-electron chi connectivity index (χ2n) is 7.51. The summed E-state index contributed by atoms with van der Waals surface area (Å²) in [5.41, 5.74) is 1.42. The number of hydrogen-bond acceptors (Lipinski definition) is 4. The molecule has 2 aliphatic rings. The Kier molecular flexibility index (Phi) is 5.15. The van der Waals surface area contributed by atoms with Crippen LogP contribution in [-0.4, -0.2) is 52.8 Å². The van der Waals surface area contributed by atoms with Crippen molar-refractivity contribution in [1.29, 1.82) is 0 Å². The van der Waals surface area contributed by atoms with Crippen molar-refractivity contribution in [2.45, 2.75) is 38.5 Å². The average Bonchev–Trinajstić information content (AvgIpc) is 3.09. The Morgan fingerprint density at radius 1 is 1.14 bits per heavy atom. The number of oxazole rings is 1. The largest absolute Gasteiger partial charge is 0.446 e. The fourth-order valence-corrected chi connectivity index (χ4v) is 4.10. The van der Waals surface area contributed by atoms with Crippen LogP contribution in [0.1, 0.15) is 52.9 Å².